The summed E-state index contributed by atoms with van der Waals surface area (Å²) in [5.41, 5.74) is 1.48. The summed E-state index contributed by atoms with van der Waals surface area (Å²) < 4.78 is 7.93. The van der Waals surface area contributed by atoms with E-state index in [9.17, 15) is 14.9 Å². The highest BCUT2D eigenvalue weighted by atomic mass is 35.5. The maximum atomic E-state index is 12.4. The van der Waals surface area contributed by atoms with Crippen LogP contribution in [-0.4, -0.2) is 28.6 Å². The molecule has 1 heterocycles. The molecule has 1 amide bonds. The number of hydrogen-bond acceptors (Lipinski definition) is 5. The van der Waals surface area contributed by atoms with Crippen LogP contribution in [-0.2, 0) is 16.1 Å². The molecule has 0 saturated heterocycles. The van der Waals surface area contributed by atoms with Crippen molar-refractivity contribution in [2.24, 2.45) is 4.99 Å². The number of hydrogen-bond donors (Lipinski definition) is 0. The average Bonchev–Trinajstić information content (AvgIpc) is 3.04. The lowest BCUT2D eigenvalue weighted by Crippen LogP contribution is -2.19. The van der Waals surface area contributed by atoms with Crippen molar-refractivity contribution in [2.45, 2.75) is 13.5 Å². The lowest BCUT2D eigenvalue weighted by atomic mass is 10.2. The molecule has 29 heavy (non-hydrogen) atoms. The van der Waals surface area contributed by atoms with Gasteiger partial charge in [-0.2, -0.15) is 4.99 Å². The van der Waals surface area contributed by atoms with E-state index in [4.69, 9.17) is 16.3 Å². The first-order chi connectivity index (χ1) is 14.0. The molecule has 0 spiro atoms. The van der Waals surface area contributed by atoms with E-state index in [1.54, 1.807) is 24.3 Å². The predicted octanol–water partition coefficient (Wildman–Crippen LogP) is 4.44. The number of nitro groups is 1. The molecule has 150 valence electrons. The zero-order chi connectivity index (χ0) is 20.8. The first-order valence-corrected chi connectivity index (χ1v) is 10.1. The van der Waals surface area contributed by atoms with Crippen molar-refractivity contribution in [3.63, 3.8) is 0 Å². The quantitative estimate of drug-likeness (QED) is 0.239. The van der Waals surface area contributed by atoms with Gasteiger partial charge >= 0.3 is 0 Å². The fraction of sp³-hybridized carbons (Fsp3) is 0.200. The summed E-state index contributed by atoms with van der Waals surface area (Å²) in [5, 5.41) is 11.6. The molecule has 0 aliphatic heterocycles. The van der Waals surface area contributed by atoms with Gasteiger partial charge in [0.1, 0.15) is 0 Å². The van der Waals surface area contributed by atoms with Crippen molar-refractivity contribution in [1.29, 1.82) is 0 Å². The molecule has 0 N–H and O–H groups in total. The van der Waals surface area contributed by atoms with E-state index in [1.807, 2.05) is 23.6 Å². The highest BCUT2D eigenvalue weighted by Gasteiger charge is 2.12. The average molecular weight is 432 g/mol. The lowest BCUT2D eigenvalue weighted by molar-refractivity contribution is -0.384. The van der Waals surface area contributed by atoms with Crippen LogP contribution in [0.25, 0.3) is 16.3 Å². The number of halogens is 1. The molecule has 1 aromatic heterocycles. The molecule has 9 heteroatoms. The Balaban J connectivity index is 1.98. The maximum Gasteiger partial charge on any atom is 0.272 e. The van der Waals surface area contributed by atoms with Crippen LogP contribution in [0.5, 0.6) is 0 Å². The maximum absolute atomic E-state index is 12.4. The van der Waals surface area contributed by atoms with E-state index in [1.165, 1.54) is 29.5 Å². The number of benzene rings is 2. The van der Waals surface area contributed by atoms with Crippen LogP contribution in [0.2, 0.25) is 5.02 Å². The van der Waals surface area contributed by atoms with E-state index in [0.717, 1.165) is 5.52 Å². The lowest BCUT2D eigenvalue weighted by Gasteiger charge is -2.05. The fourth-order valence-corrected chi connectivity index (χ4v) is 3.97. The molecule has 7 nitrogen and oxygen atoms in total. The second kappa shape index (κ2) is 9.60. The SMILES string of the molecule is CCOCCn1c(=NC(=O)C=Cc2ccccc2Cl)sc2cc([N+](=O)[O-])ccc21. The minimum atomic E-state index is -0.448. The van der Waals surface area contributed by atoms with Gasteiger partial charge in [-0.25, -0.2) is 0 Å². The van der Waals surface area contributed by atoms with Crippen LogP contribution in [0.15, 0.2) is 53.5 Å². The zero-order valence-corrected chi connectivity index (χ0v) is 17.2. The number of ether oxygens (including phenoxy) is 1. The molecule has 0 fully saturated rings. The monoisotopic (exact) mass is 431 g/mol. The van der Waals surface area contributed by atoms with Gasteiger partial charge in [-0.1, -0.05) is 41.1 Å². The molecule has 3 rings (SSSR count). The molecule has 0 aliphatic carbocycles. The van der Waals surface area contributed by atoms with Gasteiger partial charge in [-0.05, 0) is 30.7 Å². The number of thiazole rings is 1. The van der Waals surface area contributed by atoms with Crippen LogP contribution in [0.4, 0.5) is 5.69 Å². The standard InChI is InChI=1S/C20H18ClN3O4S/c1-2-28-12-11-23-17-9-8-15(24(26)27)13-18(17)29-20(23)22-19(25)10-7-14-5-3-4-6-16(14)21/h3-10,13H,2,11-12H2,1H3. The topological polar surface area (TPSA) is 86.7 Å². The number of non-ortho nitro benzene ring substituents is 1. The van der Waals surface area contributed by atoms with Gasteiger partial charge in [0.05, 0.1) is 21.7 Å². The molecule has 0 atom stereocenters. The molecule has 0 aliphatic rings. The number of nitro benzene ring substituents is 1. The summed E-state index contributed by atoms with van der Waals surface area (Å²) in [6.45, 7) is 3.39. The van der Waals surface area contributed by atoms with E-state index >= 15 is 0 Å². The van der Waals surface area contributed by atoms with Gasteiger partial charge in [0.2, 0.25) is 0 Å². The number of carbonyl (C=O) groups excluding carboxylic acids is 1. The first-order valence-electron chi connectivity index (χ1n) is 8.86. The van der Waals surface area contributed by atoms with Crippen molar-refractivity contribution in [3.8, 4) is 0 Å². The molecule has 0 bridgehead atoms. The zero-order valence-electron chi connectivity index (χ0n) is 15.6. The Morgan fingerprint density at radius 2 is 2.14 bits per heavy atom. The van der Waals surface area contributed by atoms with Gasteiger partial charge in [0.25, 0.3) is 11.6 Å². The minimum absolute atomic E-state index is 0.00722. The molecular formula is C20H18ClN3O4S. The third-order valence-corrected chi connectivity index (χ3v) is 5.44. The Hall–Kier alpha value is -2.81. The van der Waals surface area contributed by atoms with E-state index in [2.05, 4.69) is 4.99 Å². The summed E-state index contributed by atoms with van der Waals surface area (Å²) in [6, 6.07) is 11.8. The van der Waals surface area contributed by atoms with Crippen LogP contribution >= 0.6 is 22.9 Å². The summed E-state index contributed by atoms with van der Waals surface area (Å²) in [6.07, 6.45) is 2.96. The van der Waals surface area contributed by atoms with E-state index in [-0.39, 0.29) is 5.69 Å². The molecule has 2 aromatic carbocycles. The van der Waals surface area contributed by atoms with E-state index < -0.39 is 10.8 Å². The number of rotatable bonds is 7. The summed E-state index contributed by atoms with van der Waals surface area (Å²) in [5.74, 6) is -0.448. The highest BCUT2D eigenvalue weighted by molar-refractivity contribution is 7.16. The Labute approximate surface area is 175 Å². The van der Waals surface area contributed by atoms with Crippen LogP contribution in [0, 0.1) is 10.1 Å². The molecular weight excluding hydrogens is 414 g/mol. The molecule has 0 unspecified atom stereocenters. The Morgan fingerprint density at radius 3 is 2.86 bits per heavy atom. The second-order valence-corrected chi connectivity index (χ2v) is 7.36. The molecule has 3 aromatic rings. The van der Waals surface area contributed by atoms with E-state index in [0.29, 0.717) is 39.8 Å². The van der Waals surface area contributed by atoms with Crippen LogP contribution in [0.1, 0.15) is 12.5 Å². The first kappa shape index (κ1) is 20.9. The fourth-order valence-electron chi connectivity index (χ4n) is 2.68. The van der Waals surface area contributed by atoms with Crippen molar-refractivity contribution >= 4 is 50.8 Å². The van der Waals surface area contributed by atoms with Gasteiger partial charge < -0.3 is 9.30 Å². The smallest absolute Gasteiger partial charge is 0.272 e. The van der Waals surface area contributed by atoms with Crippen LogP contribution < -0.4 is 4.80 Å². The number of fused-ring (bicyclic) bond motifs is 1. The normalized spacial score (nSPS) is 12.1. The Kier molecular flexibility index (Phi) is 6.92. The van der Waals surface area contributed by atoms with Crippen molar-refractivity contribution in [2.75, 3.05) is 13.2 Å². The largest absolute Gasteiger partial charge is 0.380 e. The highest BCUT2D eigenvalue weighted by Crippen LogP contribution is 2.23. The number of aromatic nitrogens is 1. The summed E-state index contributed by atoms with van der Waals surface area (Å²) >= 11 is 7.32. The predicted molar refractivity (Wildman–Crippen MR) is 114 cm³/mol. The van der Waals surface area contributed by atoms with Gasteiger partial charge in [0.15, 0.2) is 4.80 Å². The molecule has 0 saturated carbocycles. The second-order valence-electron chi connectivity index (χ2n) is 5.95. The third kappa shape index (κ3) is 5.17. The third-order valence-electron chi connectivity index (χ3n) is 4.06. The Bertz CT molecular complexity index is 1150. The number of carbonyl (C=O) groups is 1. The number of amides is 1. The summed E-state index contributed by atoms with van der Waals surface area (Å²) in [7, 11) is 0. The molecule has 0 radical (unpaired) electrons. The Morgan fingerprint density at radius 1 is 1.34 bits per heavy atom. The minimum Gasteiger partial charge on any atom is -0.380 e. The van der Waals surface area contributed by atoms with Gasteiger partial charge in [-0.3, -0.25) is 14.9 Å². The van der Waals surface area contributed by atoms with Crippen molar-refractivity contribution in [1.82, 2.24) is 4.57 Å². The summed E-state index contributed by atoms with van der Waals surface area (Å²) in [4.78, 5) is 27.6. The van der Waals surface area contributed by atoms with Crippen molar-refractivity contribution in [3.05, 3.63) is 74.0 Å². The van der Waals surface area contributed by atoms with Crippen molar-refractivity contribution < 1.29 is 14.5 Å². The van der Waals surface area contributed by atoms with Gasteiger partial charge in [0, 0.05) is 36.4 Å². The van der Waals surface area contributed by atoms with Gasteiger partial charge in [-0.15, -0.1) is 0 Å². The van der Waals surface area contributed by atoms with Crippen LogP contribution in [0.3, 0.4) is 0 Å². The number of nitrogens with zero attached hydrogens (tertiary/aromatic N) is 3.